The van der Waals surface area contributed by atoms with Gasteiger partial charge in [-0.1, -0.05) is 60.7 Å². The number of amides is 2. The molecule has 0 radical (unpaired) electrons. The van der Waals surface area contributed by atoms with Gasteiger partial charge >= 0.3 is 0 Å². The summed E-state index contributed by atoms with van der Waals surface area (Å²) in [5, 5.41) is 5.88. The highest BCUT2D eigenvalue weighted by Gasteiger charge is 2.17. The first-order valence-electron chi connectivity index (χ1n) is 10.0. The molecule has 1 heterocycles. The highest BCUT2D eigenvalue weighted by atomic mass is 16.3. The second-order valence-corrected chi connectivity index (χ2v) is 7.14. The van der Waals surface area contributed by atoms with Crippen molar-refractivity contribution < 1.29 is 14.0 Å². The van der Waals surface area contributed by atoms with Gasteiger partial charge in [-0.3, -0.25) is 9.59 Å². The van der Waals surface area contributed by atoms with E-state index < -0.39 is 0 Å². The Labute approximate surface area is 180 Å². The van der Waals surface area contributed by atoms with Crippen LogP contribution in [-0.2, 0) is 6.42 Å². The number of anilines is 1. The molecule has 5 nitrogen and oxygen atoms in total. The van der Waals surface area contributed by atoms with E-state index in [-0.39, 0.29) is 23.6 Å². The fourth-order valence-electron chi connectivity index (χ4n) is 3.33. The number of furan rings is 1. The quantitative estimate of drug-likeness (QED) is 0.437. The Bertz CT molecular complexity index is 1120. The van der Waals surface area contributed by atoms with Crippen LogP contribution in [0.5, 0.6) is 0 Å². The topological polar surface area (TPSA) is 71.3 Å². The molecule has 4 aromatic rings. The summed E-state index contributed by atoms with van der Waals surface area (Å²) in [6.07, 6.45) is 2.13. The highest BCUT2D eigenvalue weighted by molar-refractivity contribution is 6.02. The van der Waals surface area contributed by atoms with Gasteiger partial charge in [-0.15, -0.1) is 0 Å². The molecule has 0 unspecified atom stereocenters. The molecule has 0 aliphatic heterocycles. The zero-order chi connectivity index (χ0) is 21.5. The van der Waals surface area contributed by atoms with Crippen LogP contribution in [0.25, 0.3) is 0 Å². The van der Waals surface area contributed by atoms with Gasteiger partial charge in [0.15, 0.2) is 5.76 Å². The predicted molar refractivity (Wildman–Crippen MR) is 120 cm³/mol. The molecule has 4 rings (SSSR count). The van der Waals surface area contributed by atoms with Gasteiger partial charge in [0.25, 0.3) is 11.8 Å². The molecule has 0 aliphatic carbocycles. The maximum Gasteiger partial charge on any atom is 0.291 e. The molecule has 1 aromatic heterocycles. The van der Waals surface area contributed by atoms with E-state index in [0.29, 0.717) is 17.7 Å². The zero-order valence-corrected chi connectivity index (χ0v) is 16.8. The first kappa shape index (κ1) is 20.2. The number of carbonyl (C=O) groups excluding carboxylic acids is 2. The Hall–Kier alpha value is -4.12. The monoisotopic (exact) mass is 410 g/mol. The van der Waals surface area contributed by atoms with Crippen molar-refractivity contribution in [2.45, 2.75) is 12.5 Å². The molecule has 154 valence electrons. The standard InChI is InChI=1S/C26H22N2O3/c29-25(21-13-15-22(16-14-21)27-26(30)24-12-7-17-31-24)28-23(20-10-5-2-6-11-20)18-19-8-3-1-4-9-19/h1-17,23H,18H2,(H,27,30)(H,28,29)/t23-/m1/s1. The number of nitrogens with one attached hydrogen (secondary N) is 2. The molecule has 0 aliphatic rings. The Morgan fingerprint density at radius 2 is 1.42 bits per heavy atom. The molecule has 2 amide bonds. The van der Waals surface area contributed by atoms with E-state index in [0.717, 1.165) is 11.1 Å². The molecule has 0 saturated heterocycles. The maximum absolute atomic E-state index is 12.9. The van der Waals surface area contributed by atoms with Crippen LogP contribution in [0.2, 0.25) is 0 Å². The minimum Gasteiger partial charge on any atom is -0.459 e. The highest BCUT2D eigenvalue weighted by Crippen LogP contribution is 2.20. The molecule has 0 spiro atoms. The molecular formula is C26H22N2O3. The average Bonchev–Trinajstić information content (AvgIpc) is 3.36. The molecule has 5 heteroatoms. The van der Waals surface area contributed by atoms with E-state index in [1.807, 2.05) is 48.5 Å². The second kappa shape index (κ2) is 9.59. The van der Waals surface area contributed by atoms with E-state index in [4.69, 9.17) is 4.42 Å². The number of hydrogen-bond donors (Lipinski definition) is 2. The van der Waals surface area contributed by atoms with Crippen LogP contribution in [0.3, 0.4) is 0 Å². The largest absolute Gasteiger partial charge is 0.459 e. The first-order chi connectivity index (χ1) is 15.2. The van der Waals surface area contributed by atoms with Crippen molar-refractivity contribution >= 4 is 17.5 Å². The summed E-state index contributed by atoms with van der Waals surface area (Å²) in [5.41, 5.74) is 3.29. The number of hydrogen-bond acceptors (Lipinski definition) is 3. The van der Waals surface area contributed by atoms with E-state index in [9.17, 15) is 9.59 Å². The maximum atomic E-state index is 12.9. The summed E-state index contributed by atoms with van der Waals surface area (Å²) < 4.78 is 5.09. The van der Waals surface area contributed by atoms with Crippen LogP contribution < -0.4 is 10.6 Å². The number of carbonyl (C=O) groups is 2. The van der Waals surface area contributed by atoms with Crippen molar-refractivity contribution in [2.75, 3.05) is 5.32 Å². The summed E-state index contributed by atoms with van der Waals surface area (Å²) in [7, 11) is 0. The Morgan fingerprint density at radius 1 is 0.742 bits per heavy atom. The predicted octanol–water partition coefficient (Wildman–Crippen LogP) is 5.25. The van der Waals surface area contributed by atoms with Gasteiger partial charge in [0.1, 0.15) is 0 Å². The molecule has 0 saturated carbocycles. The Balaban J connectivity index is 1.46. The van der Waals surface area contributed by atoms with Crippen LogP contribution in [0, 0.1) is 0 Å². The number of rotatable bonds is 7. The van der Waals surface area contributed by atoms with Crippen molar-refractivity contribution in [1.82, 2.24) is 5.32 Å². The minimum atomic E-state index is -0.339. The van der Waals surface area contributed by atoms with Gasteiger partial charge in [-0.25, -0.2) is 0 Å². The van der Waals surface area contributed by atoms with Gasteiger partial charge in [-0.2, -0.15) is 0 Å². The molecule has 2 N–H and O–H groups in total. The van der Waals surface area contributed by atoms with Gasteiger partial charge < -0.3 is 15.1 Å². The summed E-state index contributed by atoms with van der Waals surface area (Å²) >= 11 is 0. The van der Waals surface area contributed by atoms with Crippen molar-refractivity contribution in [3.05, 3.63) is 126 Å². The fourth-order valence-corrected chi connectivity index (χ4v) is 3.33. The lowest BCUT2D eigenvalue weighted by Crippen LogP contribution is -2.30. The smallest absolute Gasteiger partial charge is 0.291 e. The Kier molecular flexibility index (Phi) is 6.24. The van der Waals surface area contributed by atoms with Gasteiger partial charge in [0.05, 0.1) is 12.3 Å². The number of benzene rings is 3. The second-order valence-electron chi connectivity index (χ2n) is 7.14. The summed E-state index contributed by atoms with van der Waals surface area (Å²) in [6, 6.07) is 29.9. The van der Waals surface area contributed by atoms with Crippen LogP contribution in [0.15, 0.2) is 108 Å². The van der Waals surface area contributed by atoms with Crippen LogP contribution in [0.4, 0.5) is 5.69 Å². The van der Waals surface area contributed by atoms with Crippen molar-refractivity contribution in [1.29, 1.82) is 0 Å². The van der Waals surface area contributed by atoms with Crippen LogP contribution in [0.1, 0.15) is 38.1 Å². The van der Waals surface area contributed by atoms with Gasteiger partial charge in [0.2, 0.25) is 0 Å². The summed E-state index contributed by atoms with van der Waals surface area (Å²) in [5.74, 6) is -0.281. The SMILES string of the molecule is O=C(N[C@H](Cc1ccccc1)c1ccccc1)c1ccc(NC(=O)c2ccco2)cc1. The first-order valence-corrected chi connectivity index (χ1v) is 10.0. The fraction of sp³-hybridized carbons (Fsp3) is 0.0769. The van der Waals surface area contributed by atoms with Crippen molar-refractivity contribution in [3.8, 4) is 0 Å². The molecule has 31 heavy (non-hydrogen) atoms. The average molecular weight is 410 g/mol. The minimum absolute atomic E-state index is 0.158. The Morgan fingerprint density at radius 3 is 2.06 bits per heavy atom. The third kappa shape index (κ3) is 5.28. The summed E-state index contributed by atoms with van der Waals surface area (Å²) in [6.45, 7) is 0. The molecule has 1 atom stereocenters. The lowest BCUT2D eigenvalue weighted by molar-refractivity contribution is 0.0936. The van der Waals surface area contributed by atoms with Crippen molar-refractivity contribution in [3.63, 3.8) is 0 Å². The molecule has 3 aromatic carbocycles. The van der Waals surface area contributed by atoms with Gasteiger partial charge in [-0.05, 0) is 53.9 Å². The third-order valence-corrected chi connectivity index (χ3v) is 4.94. The van der Waals surface area contributed by atoms with E-state index in [1.165, 1.54) is 6.26 Å². The summed E-state index contributed by atoms with van der Waals surface area (Å²) in [4.78, 5) is 25.0. The lowest BCUT2D eigenvalue weighted by atomic mass is 9.98. The van der Waals surface area contributed by atoms with Crippen LogP contribution in [-0.4, -0.2) is 11.8 Å². The molecule has 0 fully saturated rings. The lowest BCUT2D eigenvalue weighted by Gasteiger charge is -2.20. The third-order valence-electron chi connectivity index (χ3n) is 4.94. The van der Waals surface area contributed by atoms with Crippen LogP contribution >= 0.6 is 0 Å². The zero-order valence-electron chi connectivity index (χ0n) is 16.8. The van der Waals surface area contributed by atoms with E-state index in [1.54, 1.807) is 36.4 Å². The van der Waals surface area contributed by atoms with E-state index in [2.05, 4.69) is 22.8 Å². The molecule has 0 bridgehead atoms. The van der Waals surface area contributed by atoms with E-state index >= 15 is 0 Å². The van der Waals surface area contributed by atoms with Crippen molar-refractivity contribution in [2.24, 2.45) is 0 Å². The van der Waals surface area contributed by atoms with Gasteiger partial charge in [0, 0.05) is 11.3 Å². The molecular weight excluding hydrogens is 388 g/mol. The normalized spacial score (nSPS) is 11.5.